The lowest BCUT2D eigenvalue weighted by Gasteiger charge is -2.25. The lowest BCUT2D eigenvalue weighted by atomic mass is 9.77. The lowest BCUT2D eigenvalue weighted by Crippen LogP contribution is -2.25. The highest BCUT2D eigenvalue weighted by Crippen LogP contribution is 2.44. The van der Waals surface area contributed by atoms with Gasteiger partial charge in [-0.25, -0.2) is 0 Å². The van der Waals surface area contributed by atoms with Crippen LogP contribution in [-0.4, -0.2) is 5.78 Å². The molecule has 2 rings (SSSR count). The van der Waals surface area contributed by atoms with Crippen molar-refractivity contribution in [2.24, 2.45) is 11.3 Å². The zero-order chi connectivity index (χ0) is 11.8. The van der Waals surface area contributed by atoms with E-state index in [1.165, 1.54) is 18.4 Å². The average molecular weight is 216 g/mol. The van der Waals surface area contributed by atoms with E-state index in [9.17, 15) is 4.79 Å². The summed E-state index contributed by atoms with van der Waals surface area (Å²) < 4.78 is 0. The second-order valence-corrected chi connectivity index (χ2v) is 5.67. The number of carbonyl (C=O) groups excluding carboxylic acids is 1. The maximum Gasteiger partial charge on any atom is 0.166 e. The predicted octanol–water partition coefficient (Wildman–Crippen LogP) is 4.00. The normalized spacial score (nSPS) is 23.3. The van der Waals surface area contributed by atoms with Crippen molar-refractivity contribution in [3.8, 4) is 0 Å². The Labute approximate surface area is 97.9 Å². The van der Waals surface area contributed by atoms with Gasteiger partial charge in [0.2, 0.25) is 0 Å². The number of aryl methyl sites for hydroxylation is 1. The fourth-order valence-electron chi connectivity index (χ4n) is 2.81. The maximum absolute atomic E-state index is 12.4. The minimum atomic E-state index is 0.181. The Morgan fingerprint density at radius 2 is 2.12 bits per heavy atom. The zero-order valence-corrected chi connectivity index (χ0v) is 10.4. The van der Waals surface area contributed by atoms with Gasteiger partial charge in [-0.05, 0) is 31.2 Å². The van der Waals surface area contributed by atoms with Crippen molar-refractivity contribution < 1.29 is 4.79 Å². The smallest absolute Gasteiger partial charge is 0.166 e. The molecule has 1 saturated carbocycles. The molecule has 1 atom stereocenters. The van der Waals surface area contributed by atoms with Crippen LogP contribution >= 0.6 is 0 Å². The van der Waals surface area contributed by atoms with Crippen LogP contribution in [-0.2, 0) is 0 Å². The average Bonchev–Trinajstić information content (AvgIpc) is 2.57. The van der Waals surface area contributed by atoms with Gasteiger partial charge in [-0.3, -0.25) is 4.79 Å². The van der Waals surface area contributed by atoms with Gasteiger partial charge < -0.3 is 0 Å². The molecule has 0 heterocycles. The third-order valence-corrected chi connectivity index (χ3v) is 3.88. The van der Waals surface area contributed by atoms with E-state index in [4.69, 9.17) is 0 Å². The molecule has 0 saturated heterocycles. The Kier molecular flexibility index (Phi) is 2.88. The summed E-state index contributed by atoms with van der Waals surface area (Å²) in [5.41, 5.74) is 2.24. The first-order valence-corrected chi connectivity index (χ1v) is 6.11. The number of hydrogen-bond donors (Lipinski definition) is 0. The molecule has 0 radical (unpaired) electrons. The van der Waals surface area contributed by atoms with Gasteiger partial charge in [0.25, 0.3) is 0 Å². The summed E-state index contributed by atoms with van der Waals surface area (Å²) in [5.74, 6) is 0.556. The van der Waals surface area contributed by atoms with E-state index < -0.39 is 0 Å². The second-order valence-electron chi connectivity index (χ2n) is 5.67. The van der Waals surface area contributed by atoms with E-state index in [1.807, 2.05) is 31.2 Å². The summed E-state index contributed by atoms with van der Waals surface area (Å²) in [4.78, 5) is 12.4. The minimum absolute atomic E-state index is 0.181. The molecule has 0 bridgehead atoms. The van der Waals surface area contributed by atoms with Gasteiger partial charge in [-0.2, -0.15) is 0 Å². The van der Waals surface area contributed by atoms with E-state index >= 15 is 0 Å². The van der Waals surface area contributed by atoms with E-state index in [-0.39, 0.29) is 11.3 Å². The van der Waals surface area contributed by atoms with Gasteiger partial charge in [0, 0.05) is 11.5 Å². The molecule has 86 valence electrons. The molecule has 0 aliphatic heterocycles. The molecule has 16 heavy (non-hydrogen) atoms. The molecule has 1 aromatic rings. The number of benzene rings is 1. The predicted molar refractivity (Wildman–Crippen MR) is 66.6 cm³/mol. The zero-order valence-electron chi connectivity index (χ0n) is 10.4. The molecule has 0 N–H and O–H groups in total. The Hall–Kier alpha value is -1.11. The molecule has 1 aromatic carbocycles. The standard InChI is InChI=1S/C15H20O/c1-11-6-4-7-12(10-11)14(16)13-8-5-9-15(13,2)3/h4,6-7,10,13H,5,8-9H2,1-3H3. The van der Waals surface area contributed by atoms with Crippen molar-refractivity contribution in [1.29, 1.82) is 0 Å². The summed E-state index contributed by atoms with van der Waals surface area (Å²) in [6.45, 7) is 6.48. The molecule has 1 aliphatic rings. The van der Waals surface area contributed by atoms with Gasteiger partial charge in [0.05, 0.1) is 0 Å². The molecule has 0 amide bonds. The maximum atomic E-state index is 12.4. The largest absolute Gasteiger partial charge is 0.294 e. The highest BCUT2D eigenvalue weighted by Gasteiger charge is 2.39. The first kappa shape index (κ1) is 11.4. The fourth-order valence-corrected chi connectivity index (χ4v) is 2.81. The van der Waals surface area contributed by atoms with Crippen LogP contribution in [0.2, 0.25) is 0 Å². The quantitative estimate of drug-likeness (QED) is 0.683. The van der Waals surface area contributed by atoms with Crippen LogP contribution in [0.5, 0.6) is 0 Å². The summed E-state index contributed by atoms with van der Waals surface area (Å²) in [5, 5.41) is 0. The highest BCUT2D eigenvalue weighted by molar-refractivity contribution is 5.98. The topological polar surface area (TPSA) is 17.1 Å². The van der Waals surface area contributed by atoms with Gasteiger partial charge in [-0.15, -0.1) is 0 Å². The monoisotopic (exact) mass is 216 g/mol. The first-order chi connectivity index (χ1) is 7.50. The van der Waals surface area contributed by atoms with Crippen LogP contribution in [0.1, 0.15) is 49.0 Å². The minimum Gasteiger partial charge on any atom is -0.294 e. The van der Waals surface area contributed by atoms with Crippen molar-refractivity contribution >= 4 is 5.78 Å². The molecular formula is C15H20O. The number of carbonyl (C=O) groups is 1. The summed E-state index contributed by atoms with van der Waals surface area (Å²) in [6.07, 6.45) is 3.42. The highest BCUT2D eigenvalue weighted by atomic mass is 16.1. The molecule has 1 heteroatoms. The number of hydrogen-bond acceptors (Lipinski definition) is 1. The Morgan fingerprint density at radius 3 is 2.69 bits per heavy atom. The van der Waals surface area contributed by atoms with Crippen LogP contribution in [0.4, 0.5) is 0 Å². The van der Waals surface area contributed by atoms with Crippen LogP contribution < -0.4 is 0 Å². The molecule has 1 aliphatic carbocycles. The van der Waals surface area contributed by atoms with E-state index in [1.54, 1.807) is 0 Å². The molecule has 1 nitrogen and oxygen atoms in total. The van der Waals surface area contributed by atoms with Crippen LogP contribution in [0, 0.1) is 18.3 Å². The van der Waals surface area contributed by atoms with Crippen molar-refractivity contribution in [2.45, 2.75) is 40.0 Å². The lowest BCUT2D eigenvalue weighted by molar-refractivity contribution is 0.0839. The second kappa shape index (κ2) is 4.04. The Morgan fingerprint density at radius 1 is 1.38 bits per heavy atom. The number of Topliss-reactive ketones (excluding diaryl/α,β-unsaturated/α-hetero) is 1. The SMILES string of the molecule is Cc1cccc(C(=O)C2CCCC2(C)C)c1. The summed E-state index contributed by atoms with van der Waals surface area (Å²) in [7, 11) is 0. The van der Waals surface area contributed by atoms with Gasteiger partial charge in [0.15, 0.2) is 5.78 Å². The van der Waals surface area contributed by atoms with E-state index in [2.05, 4.69) is 13.8 Å². The van der Waals surface area contributed by atoms with E-state index in [0.717, 1.165) is 12.0 Å². The van der Waals surface area contributed by atoms with Crippen LogP contribution in [0.3, 0.4) is 0 Å². The summed E-state index contributed by atoms with van der Waals surface area (Å²) in [6, 6.07) is 7.97. The molecule has 1 fully saturated rings. The van der Waals surface area contributed by atoms with Gasteiger partial charge >= 0.3 is 0 Å². The van der Waals surface area contributed by atoms with Crippen molar-refractivity contribution in [2.75, 3.05) is 0 Å². The van der Waals surface area contributed by atoms with Gasteiger partial charge in [-0.1, -0.05) is 44.0 Å². The van der Waals surface area contributed by atoms with E-state index in [0.29, 0.717) is 5.78 Å². The fraction of sp³-hybridized carbons (Fsp3) is 0.533. The first-order valence-electron chi connectivity index (χ1n) is 6.11. The van der Waals surface area contributed by atoms with Crippen molar-refractivity contribution in [1.82, 2.24) is 0 Å². The van der Waals surface area contributed by atoms with Crippen LogP contribution in [0.25, 0.3) is 0 Å². The van der Waals surface area contributed by atoms with Crippen molar-refractivity contribution in [3.63, 3.8) is 0 Å². The Balaban J connectivity index is 2.26. The van der Waals surface area contributed by atoms with Crippen molar-refractivity contribution in [3.05, 3.63) is 35.4 Å². The van der Waals surface area contributed by atoms with Gasteiger partial charge in [0.1, 0.15) is 0 Å². The molecule has 1 unspecified atom stereocenters. The Bertz CT molecular complexity index is 404. The van der Waals surface area contributed by atoms with Crippen LogP contribution in [0.15, 0.2) is 24.3 Å². The number of ketones is 1. The number of rotatable bonds is 2. The molecule has 0 spiro atoms. The molecule has 0 aromatic heterocycles. The third-order valence-electron chi connectivity index (χ3n) is 3.88. The molecular weight excluding hydrogens is 196 g/mol. The summed E-state index contributed by atoms with van der Waals surface area (Å²) >= 11 is 0. The third kappa shape index (κ3) is 2.04.